The van der Waals surface area contributed by atoms with Crippen LogP contribution in [0.1, 0.15) is 59.0 Å². The zero-order valence-corrected chi connectivity index (χ0v) is 27.9. The standard InChI is InChI=1S/C33H39F2N4O7PS/c34-33(35,47(43,44)45)24-8-9-28-23(18-24)19-29(48-28)30(40)37-25(17-21-10-12-36-13-11-21)31(41)39-14-4-7-26(39)32(42)38-15-16-46-27(20-38)22-5-2-1-3-6-22/h1-3,5-6,8-9,18-19,21,25-27,36H,4,7,10-17,20H2,(H,37,40)(H2,43,44,45). The predicted octanol–water partition coefficient (Wildman–Crippen LogP) is 4.21. The van der Waals surface area contributed by atoms with Crippen LogP contribution in [-0.2, 0) is 24.6 Å². The van der Waals surface area contributed by atoms with E-state index in [4.69, 9.17) is 14.5 Å². The van der Waals surface area contributed by atoms with Crippen molar-refractivity contribution in [1.29, 1.82) is 0 Å². The number of carbonyl (C=O) groups excluding carboxylic acids is 3. The number of benzene rings is 2. The monoisotopic (exact) mass is 704 g/mol. The molecular weight excluding hydrogens is 665 g/mol. The Hall–Kier alpha value is -3.26. The van der Waals surface area contributed by atoms with E-state index >= 15 is 0 Å². The average Bonchev–Trinajstić information content (AvgIpc) is 3.75. The van der Waals surface area contributed by atoms with Crippen molar-refractivity contribution in [2.45, 2.75) is 56.0 Å². The number of alkyl halides is 2. The zero-order chi connectivity index (χ0) is 34.1. The highest BCUT2D eigenvalue weighted by molar-refractivity contribution is 7.52. The first-order valence-electron chi connectivity index (χ1n) is 16.2. The van der Waals surface area contributed by atoms with E-state index < -0.39 is 36.8 Å². The molecule has 0 aliphatic carbocycles. The van der Waals surface area contributed by atoms with Crippen molar-refractivity contribution < 1.29 is 42.3 Å². The van der Waals surface area contributed by atoms with Crippen LogP contribution in [0.3, 0.4) is 0 Å². The molecule has 0 spiro atoms. The van der Waals surface area contributed by atoms with Gasteiger partial charge in [-0.1, -0.05) is 36.4 Å². The Morgan fingerprint density at radius 1 is 1.06 bits per heavy atom. The van der Waals surface area contributed by atoms with Crippen LogP contribution in [-0.4, -0.2) is 88.7 Å². The third-order valence-corrected chi connectivity index (χ3v) is 11.6. The van der Waals surface area contributed by atoms with Crippen molar-refractivity contribution in [1.82, 2.24) is 20.4 Å². The molecule has 3 saturated heterocycles. The van der Waals surface area contributed by atoms with Gasteiger partial charge in [0.1, 0.15) is 18.2 Å². The molecule has 2 aromatic carbocycles. The largest absolute Gasteiger partial charge is 0.399 e. The van der Waals surface area contributed by atoms with Crippen molar-refractivity contribution >= 4 is 46.7 Å². The van der Waals surface area contributed by atoms with E-state index in [1.54, 1.807) is 9.80 Å². The highest BCUT2D eigenvalue weighted by Crippen LogP contribution is 2.59. The quantitative estimate of drug-likeness (QED) is 0.242. The van der Waals surface area contributed by atoms with Crippen molar-refractivity contribution in [2.24, 2.45) is 5.92 Å². The number of fused-ring (bicyclic) bond motifs is 1. The first kappa shape index (κ1) is 34.6. The smallest absolute Gasteiger partial charge is 0.370 e. The summed E-state index contributed by atoms with van der Waals surface area (Å²) in [5.74, 6) is -0.851. The first-order chi connectivity index (χ1) is 22.9. The maximum atomic E-state index is 14.4. The molecule has 3 aliphatic rings. The molecule has 4 N–H and O–H groups in total. The molecule has 1 aromatic heterocycles. The summed E-state index contributed by atoms with van der Waals surface area (Å²) in [4.78, 5) is 63.6. The predicted molar refractivity (Wildman–Crippen MR) is 176 cm³/mol. The van der Waals surface area contributed by atoms with Gasteiger partial charge in [0, 0.05) is 23.4 Å². The molecule has 0 radical (unpaired) electrons. The first-order valence-corrected chi connectivity index (χ1v) is 18.6. The number of rotatable bonds is 9. The zero-order valence-electron chi connectivity index (χ0n) is 26.2. The van der Waals surface area contributed by atoms with Gasteiger partial charge in [-0.15, -0.1) is 11.3 Å². The summed E-state index contributed by atoms with van der Waals surface area (Å²) in [5.41, 5.74) is -4.26. The lowest BCUT2D eigenvalue weighted by Crippen LogP contribution is -2.56. The third kappa shape index (κ3) is 7.34. The van der Waals surface area contributed by atoms with Gasteiger partial charge in [-0.3, -0.25) is 18.9 Å². The van der Waals surface area contributed by atoms with Gasteiger partial charge in [-0.05, 0) is 80.3 Å². The van der Waals surface area contributed by atoms with Crippen LogP contribution >= 0.6 is 18.9 Å². The molecule has 3 fully saturated rings. The van der Waals surface area contributed by atoms with Gasteiger partial charge in [-0.2, -0.15) is 8.78 Å². The normalized spacial score (nSPS) is 21.8. The molecule has 3 amide bonds. The van der Waals surface area contributed by atoms with Crippen LogP contribution in [0, 0.1) is 5.92 Å². The summed E-state index contributed by atoms with van der Waals surface area (Å²) < 4.78 is 46.6. The number of hydrogen-bond acceptors (Lipinski definition) is 7. The fourth-order valence-corrected chi connectivity index (χ4v) is 8.25. The molecule has 3 atom stereocenters. The Bertz CT molecular complexity index is 1700. The topological polar surface area (TPSA) is 149 Å². The van der Waals surface area contributed by atoms with Crippen LogP contribution in [0.15, 0.2) is 54.6 Å². The number of likely N-dealkylation sites (tertiary alicyclic amines) is 1. The van der Waals surface area contributed by atoms with E-state index in [1.807, 2.05) is 30.3 Å². The van der Waals surface area contributed by atoms with E-state index in [0.29, 0.717) is 50.2 Å². The van der Waals surface area contributed by atoms with Crippen LogP contribution in [0.5, 0.6) is 0 Å². The second-order valence-electron chi connectivity index (χ2n) is 12.6. The number of ether oxygens (including phenoxy) is 1. The summed E-state index contributed by atoms with van der Waals surface area (Å²) >= 11 is 1.03. The molecule has 4 heterocycles. The van der Waals surface area contributed by atoms with E-state index in [9.17, 15) is 27.7 Å². The van der Waals surface area contributed by atoms with Gasteiger partial charge in [0.05, 0.1) is 18.0 Å². The minimum Gasteiger partial charge on any atom is -0.370 e. The Balaban J connectivity index is 1.20. The Labute approximate surface area is 280 Å². The molecule has 11 nitrogen and oxygen atoms in total. The van der Waals surface area contributed by atoms with Gasteiger partial charge in [0.2, 0.25) is 11.8 Å². The molecule has 3 unspecified atom stereocenters. The highest BCUT2D eigenvalue weighted by Gasteiger charge is 2.50. The minimum absolute atomic E-state index is 0.135. The maximum Gasteiger partial charge on any atom is 0.399 e. The summed E-state index contributed by atoms with van der Waals surface area (Å²) in [6, 6.07) is 12.7. The van der Waals surface area contributed by atoms with Crippen molar-refractivity contribution in [3.05, 3.63) is 70.6 Å². The number of carbonyl (C=O) groups is 3. The van der Waals surface area contributed by atoms with Crippen LogP contribution in [0.25, 0.3) is 10.1 Å². The Kier molecular flexibility index (Phi) is 10.3. The van der Waals surface area contributed by atoms with Gasteiger partial charge in [-0.25, -0.2) is 0 Å². The fourth-order valence-electron chi connectivity index (χ4n) is 6.83. The molecular formula is C33H39F2N4O7PS. The third-order valence-electron chi connectivity index (χ3n) is 9.45. The summed E-state index contributed by atoms with van der Waals surface area (Å²) in [5, 5.41) is 6.43. The molecule has 6 rings (SSSR count). The fraction of sp³-hybridized carbons (Fsp3) is 0.485. The number of hydrogen-bond donors (Lipinski definition) is 4. The second kappa shape index (κ2) is 14.3. The SMILES string of the molecule is O=C(NC(CC1CCNCC1)C(=O)N1CCCC1C(=O)N1CCOC(c2ccccc2)C1)c1cc2cc(C(F)(F)P(=O)(O)O)ccc2s1. The number of thiophene rings is 1. The highest BCUT2D eigenvalue weighted by atomic mass is 32.1. The lowest BCUT2D eigenvalue weighted by atomic mass is 9.90. The summed E-state index contributed by atoms with van der Waals surface area (Å²) in [6.07, 6.45) is 2.96. The van der Waals surface area contributed by atoms with E-state index in [-0.39, 0.29) is 34.1 Å². The lowest BCUT2D eigenvalue weighted by molar-refractivity contribution is -0.149. The minimum atomic E-state index is -5.77. The second-order valence-corrected chi connectivity index (χ2v) is 15.4. The van der Waals surface area contributed by atoms with Crippen LogP contribution < -0.4 is 10.6 Å². The average molecular weight is 705 g/mol. The van der Waals surface area contributed by atoms with E-state index in [0.717, 1.165) is 55.0 Å². The van der Waals surface area contributed by atoms with E-state index in [1.165, 1.54) is 12.1 Å². The number of amides is 3. The van der Waals surface area contributed by atoms with Gasteiger partial charge >= 0.3 is 13.3 Å². The molecule has 15 heteroatoms. The summed E-state index contributed by atoms with van der Waals surface area (Å²) in [7, 11) is -5.77. The Morgan fingerprint density at radius 2 is 1.81 bits per heavy atom. The Morgan fingerprint density at radius 3 is 2.54 bits per heavy atom. The van der Waals surface area contributed by atoms with Crippen LogP contribution in [0.4, 0.5) is 8.78 Å². The number of nitrogens with one attached hydrogen (secondary N) is 2. The number of nitrogens with zero attached hydrogens (tertiary/aromatic N) is 2. The maximum absolute atomic E-state index is 14.4. The molecule has 48 heavy (non-hydrogen) atoms. The number of morpholine rings is 1. The molecule has 0 bridgehead atoms. The number of piperidine rings is 1. The van der Waals surface area contributed by atoms with Crippen LogP contribution in [0.2, 0.25) is 0 Å². The van der Waals surface area contributed by atoms with E-state index in [2.05, 4.69) is 10.6 Å². The van der Waals surface area contributed by atoms with Crippen molar-refractivity contribution in [3.63, 3.8) is 0 Å². The molecule has 258 valence electrons. The summed E-state index contributed by atoms with van der Waals surface area (Å²) in [6.45, 7) is 3.16. The van der Waals surface area contributed by atoms with Gasteiger partial charge < -0.3 is 35.0 Å². The van der Waals surface area contributed by atoms with Crippen molar-refractivity contribution in [3.8, 4) is 0 Å². The molecule has 3 aliphatic heterocycles. The van der Waals surface area contributed by atoms with Gasteiger partial charge in [0.25, 0.3) is 5.91 Å². The molecule has 3 aromatic rings. The number of halogens is 2. The molecule has 0 saturated carbocycles. The van der Waals surface area contributed by atoms with Gasteiger partial charge in [0.15, 0.2) is 0 Å². The lowest BCUT2D eigenvalue weighted by Gasteiger charge is -2.37. The van der Waals surface area contributed by atoms with Crippen molar-refractivity contribution in [2.75, 3.05) is 39.3 Å².